The number of anilines is 1. The number of nitrogens with one attached hydrogen (secondary N) is 2. The summed E-state index contributed by atoms with van der Waals surface area (Å²) in [6.07, 6.45) is 3.20. The third kappa shape index (κ3) is 4.65. The Balaban J connectivity index is 1.74. The predicted octanol–water partition coefficient (Wildman–Crippen LogP) is 2.93. The Hall–Kier alpha value is -2.30. The van der Waals surface area contributed by atoms with E-state index >= 15 is 0 Å². The molecule has 1 aliphatic rings. The molecule has 2 aromatic rings. The van der Waals surface area contributed by atoms with E-state index in [9.17, 15) is 9.59 Å². The maximum Gasteiger partial charge on any atom is 0.273 e. The Bertz CT molecular complexity index is 911. The SMILES string of the molecule is COc1ccc(CNC(=O)c2nc(SC)sc2NC(=O)C2(OC)CC2)c(OC)c1. The molecule has 0 unspecified atom stereocenters. The number of amides is 2. The summed E-state index contributed by atoms with van der Waals surface area (Å²) < 4.78 is 16.5. The lowest BCUT2D eigenvalue weighted by atomic mass is 10.2. The number of benzene rings is 1. The molecule has 0 aliphatic heterocycles. The third-order valence-electron chi connectivity index (χ3n) is 4.67. The molecule has 1 fully saturated rings. The van der Waals surface area contributed by atoms with Crippen molar-refractivity contribution < 1.29 is 23.8 Å². The topological polar surface area (TPSA) is 98.8 Å². The van der Waals surface area contributed by atoms with Gasteiger partial charge in [0.05, 0.1) is 14.2 Å². The van der Waals surface area contributed by atoms with E-state index in [1.165, 1.54) is 30.2 Å². The molecular formula is C19H23N3O5S2. The average molecular weight is 438 g/mol. The highest BCUT2D eigenvalue weighted by atomic mass is 32.2. The highest BCUT2D eigenvalue weighted by Gasteiger charge is 2.51. The fourth-order valence-corrected chi connectivity index (χ4v) is 4.19. The van der Waals surface area contributed by atoms with E-state index in [2.05, 4.69) is 15.6 Å². The Morgan fingerprint density at radius 3 is 2.59 bits per heavy atom. The Morgan fingerprint density at radius 1 is 1.24 bits per heavy atom. The second-order valence-electron chi connectivity index (χ2n) is 6.37. The van der Waals surface area contributed by atoms with Gasteiger partial charge in [-0.2, -0.15) is 0 Å². The fourth-order valence-electron chi connectivity index (χ4n) is 2.74. The van der Waals surface area contributed by atoms with Crippen molar-refractivity contribution in [2.75, 3.05) is 32.9 Å². The molecule has 0 radical (unpaired) electrons. The number of hydrogen-bond donors (Lipinski definition) is 2. The van der Waals surface area contributed by atoms with Gasteiger partial charge in [-0.15, -0.1) is 0 Å². The van der Waals surface area contributed by atoms with Gasteiger partial charge in [-0.1, -0.05) is 23.1 Å². The van der Waals surface area contributed by atoms with Gasteiger partial charge in [-0.05, 0) is 31.2 Å². The molecule has 29 heavy (non-hydrogen) atoms. The molecule has 1 saturated carbocycles. The van der Waals surface area contributed by atoms with Crippen molar-refractivity contribution in [3.63, 3.8) is 0 Å². The number of aromatic nitrogens is 1. The van der Waals surface area contributed by atoms with E-state index < -0.39 is 5.60 Å². The van der Waals surface area contributed by atoms with Crippen LogP contribution in [-0.2, 0) is 16.1 Å². The first-order valence-corrected chi connectivity index (χ1v) is 10.9. The second-order valence-corrected chi connectivity index (χ2v) is 8.43. The van der Waals surface area contributed by atoms with Crippen LogP contribution in [0.5, 0.6) is 11.5 Å². The summed E-state index contributed by atoms with van der Waals surface area (Å²) in [4.78, 5) is 29.6. The quantitative estimate of drug-likeness (QED) is 0.582. The smallest absolute Gasteiger partial charge is 0.273 e. The van der Waals surface area contributed by atoms with Gasteiger partial charge in [0.1, 0.15) is 22.1 Å². The van der Waals surface area contributed by atoms with Crippen molar-refractivity contribution in [2.45, 2.75) is 29.3 Å². The first-order chi connectivity index (χ1) is 14.0. The molecule has 3 rings (SSSR count). The number of ether oxygens (including phenoxy) is 3. The minimum atomic E-state index is -0.784. The van der Waals surface area contributed by atoms with Crippen LogP contribution in [0, 0.1) is 0 Å². The highest BCUT2D eigenvalue weighted by Crippen LogP contribution is 2.41. The standard InChI is InChI=1S/C19H23N3O5S2/c1-25-12-6-5-11(13(9-12)26-2)10-20-15(23)14-16(29-18(21-14)28-4)22-17(24)19(27-3)7-8-19/h5-6,9H,7-8,10H2,1-4H3,(H,20,23)(H,22,24). The van der Waals surface area contributed by atoms with Crippen LogP contribution in [0.4, 0.5) is 5.00 Å². The minimum absolute atomic E-state index is 0.187. The summed E-state index contributed by atoms with van der Waals surface area (Å²) in [5.41, 5.74) is 0.198. The molecule has 1 heterocycles. The Kier molecular flexibility index (Phi) is 6.66. The van der Waals surface area contributed by atoms with Gasteiger partial charge in [0.2, 0.25) is 0 Å². The van der Waals surface area contributed by atoms with Crippen LogP contribution in [0.1, 0.15) is 28.9 Å². The molecule has 0 spiro atoms. The lowest BCUT2D eigenvalue weighted by Crippen LogP contribution is -2.32. The molecule has 2 N–H and O–H groups in total. The molecule has 1 aromatic carbocycles. The average Bonchev–Trinajstić information content (AvgIpc) is 3.45. The van der Waals surface area contributed by atoms with Crippen molar-refractivity contribution in [3.05, 3.63) is 29.5 Å². The lowest BCUT2D eigenvalue weighted by Gasteiger charge is -2.13. The zero-order chi connectivity index (χ0) is 21.0. The zero-order valence-corrected chi connectivity index (χ0v) is 18.3. The lowest BCUT2D eigenvalue weighted by molar-refractivity contribution is -0.128. The number of rotatable bonds is 9. The molecule has 1 aliphatic carbocycles. The van der Waals surface area contributed by atoms with E-state index in [-0.39, 0.29) is 24.1 Å². The monoisotopic (exact) mass is 437 g/mol. The molecule has 2 amide bonds. The van der Waals surface area contributed by atoms with Gasteiger partial charge in [0, 0.05) is 25.3 Å². The number of carbonyl (C=O) groups is 2. The van der Waals surface area contributed by atoms with Crippen LogP contribution in [0.25, 0.3) is 0 Å². The van der Waals surface area contributed by atoms with E-state index in [1.54, 1.807) is 26.4 Å². The number of nitrogens with zero attached hydrogens (tertiary/aromatic N) is 1. The van der Waals surface area contributed by atoms with Gasteiger partial charge >= 0.3 is 0 Å². The third-order valence-corrected chi connectivity index (χ3v) is 6.62. The van der Waals surface area contributed by atoms with Crippen LogP contribution < -0.4 is 20.1 Å². The largest absolute Gasteiger partial charge is 0.497 e. The summed E-state index contributed by atoms with van der Waals surface area (Å²) in [6.45, 7) is 0.244. The first-order valence-electron chi connectivity index (χ1n) is 8.87. The van der Waals surface area contributed by atoms with Gasteiger partial charge in [-0.25, -0.2) is 4.98 Å². The molecular weight excluding hydrogens is 414 g/mol. The van der Waals surface area contributed by atoms with Crippen LogP contribution in [-0.4, -0.2) is 50.0 Å². The van der Waals surface area contributed by atoms with E-state index in [0.717, 1.165) is 5.56 Å². The van der Waals surface area contributed by atoms with E-state index in [0.29, 0.717) is 33.7 Å². The second kappa shape index (κ2) is 9.02. The summed E-state index contributed by atoms with van der Waals surface area (Å²) in [5.74, 6) is 0.648. The van der Waals surface area contributed by atoms with Crippen LogP contribution in [0.2, 0.25) is 0 Å². The summed E-state index contributed by atoms with van der Waals surface area (Å²) >= 11 is 2.68. The first kappa shape index (κ1) is 21.4. The van der Waals surface area contributed by atoms with Crippen molar-refractivity contribution in [3.8, 4) is 11.5 Å². The summed E-state index contributed by atoms with van der Waals surface area (Å²) in [6, 6.07) is 5.37. The van der Waals surface area contributed by atoms with E-state index in [4.69, 9.17) is 14.2 Å². The maximum absolute atomic E-state index is 12.8. The molecule has 10 heteroatoms. The van der Waals surface area contributed by atoms with Gasteiger partial charge in [-0.3, -0.25) is 9.59 Å². The molecule has 0 saturated heterocycles. The molecule has 1 aromatic heterocycles. The molecule has 8 nitrogen and oxygen atoms in total. The predicted molar refractivity (Wildman–Crippen MR) is 112 cm³/mol. The highest BCUT2D eigenvalue weighted by molar-refractivity contribution is 8.00. The van der Waals surface area contributed by atoms with Gasteiger partial charge in [0.25, 0.3) is 11.8 Å². The number of thioether (sulfide) groups is 1. The fraction of sp³-hybridized carbons (Fsp3) is 0.421. The number of thiazole rings is 1. The molecule has 156 valence electrons. The number of carbonyl (C=O) groups excluding carboxylic acids is 2. The number of methoxy groups -OCH3 is 3. The van der Waals surface area contributed by atoms with Crippen molar-refractivity contribution in [1.82, 2.24) is 10.3 Å². The van der Waals surface area contributed by atoms with Gasteiger partial charge in [0.15, 0.2) is 10.0 Å². The zero-order valence-electron chi connectivity index (χ0n) is 16.7. The molecule has 0 bridgehead atoms. The van der Waals surface area contributed by atoms with Gasteiger partial charge < -0.3 is 24.8 Å². The molecule has 0 atom stereocenters. The maximum atomic E-state index is 12.8. The Labute approximate surface area is 177 Å². The van der Waals surface area contributed by atoms with E-state index in [1.807, 2.05) is 12.3 Å². The normalized spacial score (nSPS) is 14.2. The Morgan fingerprint density at radius 2 is 2.00 bits per heavy atom. The van der Waals surface area contributed by atoms with Crippen molar-refractivity contribution >= 4 is 39.9 Å². The summed E-state index contributed by atoms with van der Waals surface area (Å²) in [7, 11) is 4.65. The van der Waals surface area contributed by atoms with Crippen LogP contribution in [0.15, 0.2) is 22.5 Å². The van der Waals surface area contributed by atoms with Crippen LogP contribution >= 0.6 is 23.1 Å². The summed E-state index contributed by atoms with van der Waals surface area (Å²) in [5, 5.41) is 6.07. The number of hydrogen-bond acceptors (Lipinski definition) is 8. The minimum Gasteiger partial charge on any atom is -0.497 e. The van der Waals surface area contributed by atoms with Crippen LogP contribution in [0.3, 0.4) is 0 Å². The van der Waals surface area contributed by atoms with Crippen molar-refractivity contribution in [2.24, 2.45) is 0 Å². The van der Waals surface area contributed by atoms with Crippen molar-refractivity contribution in [1.29, 1.82) is 0 Å².